The van der Waals surface area contributed by atoms with Crippen molar-refractivity contribution in [1.29, 1.82) is 0 Å². The van der Waals surface area contributed by atoms with Crippen LogP contribution in [0.3, 0.4) is 0 Å². The van der Waals surface area contributed by atoms with Crippen molar-refractivity contribution < 1.29 is 17.6 Å². The highest BCUT2D eigenvalue weighted by Gasteiger charge is 2.17. The predicted molar refractivity (Wildman–Crippen MR) is 93.5 cm³/mol. The Morgan fingerprint density at radius 3 is 2.56 bits per heavy atom. The first-order valence-electron chi connectivity index (χ1n) is 7.95. The van der Waals surface area contributed by atoms with Crippen LogP contribution in [0, 0.1) is 27.7 Å². The van der Waals surface area contributed by atoms with Gasteiger partial charge in [-0.15, -0.1) is 0 Å². The van der Waals surface area contributed by atoms with Gasteiger partial charge in [0, 0.05) is 13.0 Å². The molecule has 2 rings (SSSR count). The molecule has 1 amide bonds. The minimum absolute atomic E-state index is 0.0190. The lowest BCUT2D eigenvalue weighted by atomic mass is 10.2. The van der Waals surface area contributed by atoms with Crippen molar-refractivity contribution in [1.82, 2.24) is 15.0 Å². The molecule has 0 aliphatic carbocycles. The van der Waals surface area contributed by atoms with Gasteiger partial charge in [-0.3, -0.25) is 4.79 Å². The van der Waals surface area contributed by atoms with Crippen molar-refractivity contribution >= 4 is 15.9 Å². The topological polar surface area (TPSA) is 101 Å². The number of aryl methyl sites for hydroxylation is 4. The third-order valence-corrected chi connectivity index (χ3v) is 5.39. The van der Waals surface area contributed by atoms with Crippen LogP contribution in [0.4, 0.5) is 0 Å². The third kappa shape index (κ3) is 5.14. The summed E-state index contributed by atoms with van der Waals surface area (Å²) in [4.78, 5) is 16.2. The summed E-state index contributed by atoms with van der Waals surface area (Å²) in [5.74, 6) is 0.863. The first kappa shape index (κ1) is 19.1. The second-order valence-electron chi connectivity index (χ2n) is 5.94. The average molecular weight is 365 g/mol. The van der Waals surface area contributed by atoms with E-state index in [0.717, 1.165) is 11.3 Å². The average Bonchev–Trinajstić information content (AvgIpc) is 2.86. The maximum atomic E-state index is 12.3. The molecule has 1 aromatic heterocycles. The minimum atomic E-state index is -3.64. The minimum Gasteiger partial charge on any atom is -0.444 e. The van der Waals surface area contributed by atoms with Gasteiger partial charge in [0.2, 0.25) is 21.8 Å². The monoisotopic (exact) mass is 365 g/mol. The fraction of sp³-hybridized carbons (Fsp3) is 0.412. The zero-order valence-electron chi connectivity index (χ0n) is 14.8. The molecule has 25 heavy (non-hydrogen) atoms. The van der Waals surface area contributed by atoms with E-state index >= 15 is 0 Å². The Morgan fingerprint density at radius 2 is 1.92 bits per heavy atom. The lowest BCUT2D eigenvalue weighted by Crippen LogP contribution is -2.31. The van der Waals surface area contributed by atoms with Crippen molar-refractivity contribution in [2.24, 2.45) is 0 Å². The molecule has 0 radical (unpaired) electrons. The number of oxazole rings is 1. The number of rotatable bonds is 7. The molecular weight excluding hydrogens is 342 g/mol. The van der Waals surface area contributed by atoms with E-state index in [1.165, 1.54) is 0 Å². The Bertz CT molecular complexity index is 853. The summed E-state index contributed by atoms with van der Waals surface area (Å²) in [6, 6.07) is 5.23. The molecular formula is C17H23N3O4S. The smallest absolute Gasteiger partial charge is 0.240 e. The number of sulfonamides is 1. The van der Waals surface area contributed by atoms with E-state index in [-0.39, 0.29) is 30.3 Å². The van der Waals surface area contributed by atoms with E-state index < -0.39 is 10.0 Å². The van der Waals surface area contributed by atoms with Gasteiger partial charge in [-0.1, -0.05) is 12.1 Å². The van der Waals surface area contributed by atoms with E-state index in [9.17, 15) is 13.2 Å². The number of hydrogen-bond donors (Lipinski definition) is 2. The molecule has 0 unspecified atom stereocenters. The lowest BCUT2D eigenvalue weighted by molar-refractivity contribution is -0.121. The highest BCUT2D eigenvalue weighted by molar-refractivity contribution is 7.89. The molecule has 1 aromatic carbocycles. The summed E-state index contributed by atoms with van der Waals surface area (Å²) in [5.41, 5.74) is 2.31. The van der Waals surface area contributed by atoms with Gasteiger partial charge < -0.3 is 9.73 Å². The number of hydrogen-bond acceptors (Lipinski definition) is 5. The fourth-order valence-electron chi connectivity index (χ4n) is 2.25. The van der Waals surface area contributed by atoms with Crippen LogP contribution in [-0.4, -0.2) is 25.9 Å². The van der Waals surface area contributed by atoms with Gasteiger partial charge in [0.25, 0.3) is 0 Å². The van der Waals surface area contributed by atoms with Crippen molar-refractivity contribution in [3.05, 3.63) is 46.7 Å². The number of nitrogens with zero attached hydrogens (tertiary/aromatic N) is 1. The van der Waals surface area contributed by atoms with Gasteiger partial charge in [0.15, 0.2) is 0 Å². The van der Waals surface area contributed by atoms with Crippen LogP contribution in [-0.2, 0) is 21.4 Å². The van der Waals surface area contributed by atoms with Crippen LogP contribution in [0.15, 0.2) is 27.5 Å². The van der Waals surface area contributed by atoms with E-state index in [4.69, 9.17) is 4.42 Å². The number of carbonyl (C=O) groups excluding carboxylic acids is 1. The van der Waals surface area contributed by atoms with Gasteiger partial charge in [-0.2, -0.15) is 0 Å². The zero-order valence-corrected chi connectivity index (χ0v) is 15.7. The largest absolute Gasteiger partial charge is 0.444 e. The Labute approximate surface area is 147 Å². The number of aromatic nitrogens is 1. The van der Waals surface area contributed by atoms with Crippen LogP contribution in [0.25, 0.3) is 0 Å². The van der Waals surface area contributed by atoms with Crippen molar-refractivity contribution in [2.75, 3.05) is 6.54 Å². The maximum absolute atomic E-state index is 12.3. The molecule has 1 heterocycles. The molecule has 2 N–H and O–H groups in total. The predicted octanol–water partition coefficient (Wildman–Crippen LogP) is 1.89. The van der Waals surface area contributed by atoms with Crippen molar-refractivity contribution in [2.45, 2.75) is 45.6 Å². The summed E-state index contributed by atoms with van der Waals surface area (Å²) < 4.78 is 32.5. The first-order valence-corrected chi connectivity index (χ1v) is 9.44. The van der Waals surface area contributed by atoms with Crippen LogP contribution >= 0.6 is 0 Å². The Kier molecular flexibility index (Phi) is 5.97. The highest BCUT2D eigenvalue weighted by Crippen LogP contribution is 2.16. The van der Waals surface area contributed by atoms with E-state index in [1.807, 2.05) is 19.9 Å². The summed E-state index contributed by atoms with van der Waals surface area (Å²) in [7, 11) is -3.64. The fourth-order valence-corrected chi connectivity index (χ4v) is 3.61. The van der Waals surface area contributed by atoms with Crippen LogP contribution in [0.5, 0.6) is 0 Å². The maximum Gasteiger partial charge on any atom is 0.240 e. The molecule has 0 fully saturated rings. The summed E-state index contributed by atoms with van der Waals surface area (Å²) in [6.45, 7) is 7.39. The SMILES string of the molecule is Cc1ccc(C)c(S(=O)(=O)NCCC(=O)NCc2nc(C)c(C)o2)c1. The second-order valence-corrected chi connectivity index (χ2v) is 7.68. The van der Waals surface area contributed by atoms with Gasteiger partial charge in [0.1, 0.15) is 5.76 Å². The standard InChI is InChI=1S/C17H23N3O4S/c1-11-5-6-12(2)15(9-11)25(22,23)19-8-7-16(21)18-10-17-20-13(3)14(4)24-17/h5-6,9,19H,7-8,10H2,1-4H3,(H,18,21). The summed E-state index contributed by atoms with van der Waals surface area (Å²) in [6.07, 6.45) is 0.0305. The molecule has 0 aliphatic heterocycles. The number of amides is 1. The molecule has 0 bridgehead atoms. The van der Waals surface area contributed by atoms with Crippen LogP contribution in [0.1, 0.15) is 34.9 Å². The Hall–Kier alpha value is -2.19. The molecule has 0 aliphatic rings. The number of benzene rings is 1. The Morgan fingerprint density at radius 1 is 1.20 bits per heavy atom. The molecule has 136 valence electrons. The van der Waals surface area contributed by atoms with Gasteiger partial charge in [-0.05, 0) is 44.9 Å². The molecule has 0 saturated carbocycles. The van der Waals surface area contributed by atoms with Gasteiger partial charge in [-0.25, -0.2) is 18.1 Å². The van der Waals surface area contributed by atoms with E-state index in [0.29, 0.717) is 17.2 Å². The lowest BCUT2D eigenvalue weighted by Gasteiger charge is -2.10. The van der Waals surface area contributed by atoms with Gasteiger partial charge >= 0.3 is 0 Å². The Balaban J connectivity index is 1.84. The number of carbonyl (C=O) groups is 1. The molecule has 8 heteroatoms. The first-order chi connectivity index (χ1) is 11.7. The summed E-state index contributed by atoms with van der Waals surface area (Å²) in [5, 5.41) is 2.66. The number of nitrogens with one attached hydrogen (secondary N) is 2. The normalized spacial score (nSPS) is 11.5. The molecule has 2 aromatic rings. The second kappa shape index (κ2) is 7.79. The van der Waals surface area contributed by atoms with Gasteiger partial charge in [0.05, 0.1) is 17.1 Å². The molecule has 0 spiro atoms. The van der Waals surface area contributed by atoms with Crippen LogP contribution < -0.4 is 10.0 Å². The summed E-state index contributed by atoms with van der Waals surface area (Å²) >= 11 is 0. The van der Waals surface area contributed by atoms with E-state index in [2.05, 4.69) is 15.0 Å². The third-order valence-electron chi connectivity index (χ3n) is 3.79. The zero-order chi connectivity index (χ0) is 18.6. The quantitative estimate of drug-likeness (QED) is 0.780. The van der Waals surface area contributed by atoms with E-state index in [1.54, 1.807) is 26.0 Å². The van der Waals surface area contributed by atoms with Crippen molar-refractivity contribution in [3.8, 4) is 0 Å². The van der Waals surface area contributed by atoms with Crippen molar-refractivity contribution in [3.63, 3.8) is 0 Å². The highest BCUT2D eigenvalue weighted by atomic mass is 32.2. The molecule has 0 saturated heterocycles. The molecule has 7 nitrogen and oxygen atoms in total. The van der Waals surface area contributed by atoms with Crippen LogP contribution in [0.2, 0.25) is 0 Å². The molecule has 0 atom stereocenters.